The number of methoxy groups -OCH3 is 1. The van der Waals surface area contributed by atoms with Gasteiger partial charge < -0.3 is 14.8 Å². The van der Waals surface area contributed by atoms with Gasteiger partial charge in [-0.3, -0.25) is 10.1 Å². The fraction of sp³-hybridized carbons (Fsp3) is 0.267. The molecule has 1 aromatic carbocycles. The van der Waals surface area contributed by atoms with Crippen molar-refractivity contribution in [3.63, 3.8) is 0 Å². The monoisotopic (exact) mass is 339 g/mol. The highest BCUT2D eigenvalue weighted by Crippen LogP contribution is 2.29. The highest BCUT2D eigenvalue weighted by molar-refractivity contribution is 5.44. The Morgan fingerprint density at radius 1 is 1.29 bits per heavy atom. The third-order valence-corrected chi connectivity index (χ3v) is 3.12. The molecular weight excluding hydrogens is 324 g/mol. The molecule has 0 unspecified atom stereocenters. The van der Waals surface area contributed by atoms with Crippen LogP contribution in [-0.4, -0.2) is 30.2 Å². The van der Waals surface area contributed by atoms with Crippen LogP contribution < -0.4 is 14.8 Å². The lowest BCUT2D eigenvalue weighted by Crippen LogP contribution is -2.07. The van der Waals surface area contributed by atoms with Crippen LogP contribution >= 0.6 is 0 Å². The van der Waals surface area contributed by atoms with Gasteiger partial charge in [-0.25, -0.2) is 4.98 Å². The molecule has 0 saturated heterocycles. The number of nitrogens with one attached hydrogen (secondary N) is 1. The van der Waals surface area contributed by atoms with Gasteiger partial charge in [-0.05, 0) is 30.2 Å². The Kier molecular flexibility index (Phi) is 5.83. The van der Waals surface area contributed by atoms with Crippen molar-refractivity contribution in [2.45, 2.75) is 13.0 Å². The second kappa shape index (κ2) is 8.04. The second-order valence-electron chi connectivity index (χ2n) is 4.70. The smallest absolute Gasteiger partial charge is 0.387 e. The number of rotatable bonds is 8. The molecule has 24 heavy (non-hydrogen) atoms. The van der Waals surface area contributed by atoms with Crippen molar-refractivity contribution < 1.29 is 23.2 Å². The normalized spacial score (nSPS) is 10.5. The van der Waals surface area contributed by atoms with Crippen LogP contribution in [0, 0.1) is 10.1 Å². The molecule has 2 rings (SSSR count). The highest BCUT2D eigenvalue weighted by Gasteiger charge is 2.11. The number of hydrogen-bond acceptors (Lipinski definition) is 6. The second-order valence-corrected chi connectivity index (χ2v) is 4.70. The first-order valence-corrected chi connectivity index (χ1v) is 6.95. The van der Waals surface area contributed by atoms with Crippen molar-refractivity contribution >= 4 is 11.5 Å². The minimum Gasteiger partial charge on any atom is -0.493 e. The van der Waals surface area contributed by atoms with Crippen molar-refractivity contribution in [1.82, 2.24) is 4.98 Å². The number of ether oxygens (including phenoxy) is 2. The Morgan fingerprint density at radius 2 is 2.08 bits per heavy atom. The van der Waals surface area contributed by atoms with Crippen molar-refractivity contribution in [1.29, 1.82) is 0 Å². The number of alkyl halides is 2. The SMILES string of the molecule is COc1cc(CCNc2ccc([N+](=O)[O-])cn2)ccc1OC(F)F. The lowest BCUT2D eigenvalue weighted by Gasteiger charge is -2.11. The van der Waals surface area contributed by atoms with E-state index in [4.69, 9.17) is 4.74 Å². The predicted octanol–water partition coefficient (Wildman–Crippen LogP) is 3.25. The van der Waals surface area contributed by atoms with Crippen LogP contribution in [0.4, 0.5) is 20.3 Å². The summed E-state index contributed by atoms with van der Waals surface area (Å²) in [6.45, 7) is -2.41. The van der Waals surface area contributed by atoms with Gasteiger partial charge >= 0.3 is 6.61 Å². The largest absolute Gasteiger partial charge is 0.493 e. The molecule has 0 aliphatic rings. The molecule has 0 saturated carbocycles. The summed E-state index contributed by atoms with van der Waals surface area (Å²) < 4.78 is 33.9. The quantitative estimate of drug-likeness (QED) is 0.587. The van der Waals surface area contributed by atoms with Gasteiger partial charge in [0.2, 0.25) is 0 Å². The maximum absolute atomic E-state index is 12.3. The van der Waals surface area contributed by atoms with Crippen LogP contribution in [-0.2, 0) is 6.42 Å². The number of nitro groups is 1. The molecule has 0 amide bonds. The van der Waals surface area contributed by atoms with Crippen molar-refractivity contribution in [2.24, 2.45) is 0 Å². The van der Waals surface area contributed by atoms with Crippen LogP contribution in [0.1, 0.15) is 5.56 Å². The molecule has 0 fully saturated rings. The number of benzene rings is 1. The first kappa shape index (κ1) is 17.4. The lowest BCUT2D eigenvalue weighted by atomic mass is 10.1. The summed E-state index contributed by atoms with van der Waals surface area (Å²) >= 11 is 0. The summed E-state index contributed by atoms with van der Waals surface area (Å²) in [5.41, 5.74) is 0.766. The number of aromatic nitrogens is 1. The molecule has 7 nitrogen and oxygen atoms in total. The summed E-state index contributed by atoms with van der Waals surface area (Å²) in [5, 5.41) is 13.6. The molecule has 128 valence electrons. The van der Waals surface area contributed by atoms with Gasteiger partial charge in [-0.2, -0.15) is 8.78 Å². The molecular formula is C15H15F2N3O4. The molecule has 0 aliphatic heterocycles. The van der Waals surface area contributed by atoms with Crippen LogP contribution in [0.5, 0.6) is 11.5 Å². The van der Waals surface area contributed by atoms with Crippen LogP contribution in [0.3, 0.4) is 0 Å². The molecule has 0 radical (unpaired) electrons. The van der Waals surface area contributed by atoms with Gasteiger partial charge in [0.25, 0.3) is 5.69 Å². The number of hydrogen-bond donors (Lipinski definition) is 1. The van der Waals surface area contributed by atoms with Gasteiger partial charge in [0.1, 0.15) is 12.0 Å². The summed E-state index contributed by atoms with van der Waals surface area (Å²) in [6, 6.07) is 7.56. The molecule has 2 aromatic rings. The Hall–Kier alpha value is -2.97. The molecule has 1 heterocycles. The van der Waals surface area contributed by atoms with Gasteiger partial charge in [0.05, 0.1) is 12.0 Å². The van der Waals surface area contributed by atoms with Gasteiger partial charge in [-0.15, -0.1) is 0 Å². The van der Waals surface area contributed by atoms with E-state index in [1.807, 2.05) is 0 Å². The highest BCUT2D eigenvalue weighted by atomic mass is 19.3. The first-order valence-electron chi connectivity index (χ1n) is 6.95. The van der Waals surface area contributed by atoms with Crippen LogP contribution in [0.15, 0.2) is 36.5 Å². The standard InChI is InChI=1S/C15H15F2N3O4/c1-23-13-8-10(2-4-12(13)24-15(16)17)6-7-18-14-5-3-11(9-19-14)20(21)22/h2-5,8-9,15H,6-7H2,1H3,(H,18,19). The maximum Gasteiger partial charge on any atom is 0.387 e. The average molecular weight is 339 g/mol. The third-order valence-electron chi connectivity index (χ3n) is 3.12. The van der Waals surface area contributed by atoms with Gasteiger partial charge in [-0.1, -0.05) is 6.07 Å². The van der Waals surface area contributed by atoms with E-state index >= 15 is 0 Å². The Bertz CT molecular complexity index is 696. The van der Waals surface area contributed by atoms with E-state index in [2.05, 4.69) is 15.0 Å². The molecule has 0 bridgehead atoms. The van der Waals surface area contributed by atoms with Crippen molar-refractivity contribution in [2.75, 3.05) is 19.0 Å². The fourth-order valence-electron chi connectivity index (χ4n) is 1.99. The lowest BCUT2D eigenvalue weighted by molar-refractivity contribution is -0.385. The first-order chi connectivity index (χ1) is 11.5. The molecule has 0 atom stereocenters. The Labute approximate surface area is 136 Å². The Balaban J connectivity index is 1.93. The molecule has 1 aromatic heterocycles. The van der Waals surface area contributed by atoms with E-state index in [9.17, 15) is 18.9 Å². The van der Waals surface area contributed by atoms with E-state index in [0.29, 0.717) is 18.8 Å². The Morgan fingerprint density at radius 3 is 2.67 bits per heavy atom. The van der Waals surface area contributed by atoms with Crippen molar-refractivity contribution in [3.05, 3.63) is 52.2 Å². The summed E-state index contributed by atoms with van der Waals surface area (Å²) in [6.07, 6.45) is 1.74. The minimum absolute atomic E-state index is 0.0266. The topological polar surface area (TPSA) is 86.5 Å². The van der Waals surface area contributed by atoms with Gasteiger partial charge in [0, 0.05) is 12.6 Å². The number of nitrogens with zero attached hydrogens (tertiary/aromatic N) is 2. The number of anilines is 1. The van der Waals surface area contributed by atoms with Crippen LogP contribution in [0.25, 0.3) is 0 Å². The van der Waals surface area contributed by atoms with Gasteiger partial charge in [0.15, 0.2) is 11.5 Å². The average Bonchev–Trinajstić information content (AvgIpc) is 2.56. The van der Waals surface area contributed by atoms with Crippen molar-refractivity contribution in [3.8, 4) is 11.5 Å². The summed E-state index contributed by atoms with van der Waals surface area (Å²) in [7, 11) is 1.37. The molecule has 0 aliphatic carbocycles. The number of pyridine rings is 1. The fourth-order valence-corrected chi connectivity index (χ4v) is 1.99. The third kappa shape index (κ3) is 4.77. The molecule has 0 spiro atoms. The molecule has 9 heteroatoms. The zero-order valence-electron chi connectivity index (χ0n) is 12.7. The van der Waals surface area contributed by atoms with Crippen LogP contribution in [0.2, 0.25) is 0 Å². The summed E-state index contributed by atoms with van der Waals surface area (Å²) in [5.74, 6) is 0.702. The maximum atomic E-state index is 12.3. The van der Waals surface area contributed by atoms with E-state index in [1.165, 1.54) is 31.5 Å². The van der Waals surface area contributed by atoms with E-state index < -0.39 is 11.5 Å². The minimum atomic E-state index is -2.92. The van der Waals surface area contributed by atoms with E-state index in [1.54, 1.807) is 12.1 Å². The summed E-state index contributed by atoms with van der Waals surface area (Å²) in [4.78, 5) is 14.0. The zero-order valence-corrected chi connectivity index (χ0v) is 12.7. The predicted molar refractivity (Wildman–Crippen MR) is 82.7 cm³/mol. The van der Waals surface area contributed by atoms with E-state index in [-0.39, 0.29) is 17.2 Å². The zero-order chi connectivity index (χ0) is 17.5. The van der Waals surface area contributed by atoms with E-state index in [0.717, 1.165) is 5.56 Å². The molecule has 1 N–H and O–H groups in total. The number of halogens is 2.